The van der Waals surface area contributed by atoms with Crippen molar-refractivity contribution in [2.24, 2.45) is 11.8 Å². The standard InChI is InChI=1S/C35H32/c1-5-13-26(14-6-1)32(27-15-7-2-8-16-27)33-28-21-34(30-17-9-3-10-18-30)22-29(33)24-35(23-28,25-34)31-19-11-4-12-20-31/h1-20,28-29H,21-25H2. The smallest absolute Gasteiger partial charge is 0.00271 e. The van der Waals surface area contributed by atoms with Crippen molar-refractivity contribution in [2.75, 3.05) is 0 Å². The van der Waals surface area contributed by atoms with Gasteiger partial charge in [-0.05, 0) is 82.6 Å². The predicted molar refractivity (Wildman–Crippen MR) is 145 cm³/mol. The van der Waals surface area contributed by atoms with Crippen molar-refractivity contribution in [3.8, 4) is 0 Å². The Bertz CT molecular complexity index is 1230. The van der Waals surface area contributed by atoms with E-state index < -0.39 is 0 Å². The van der Waals surface area contributed by atoms with Gasteiger partial charge in [0.2, 0.25) is 0 Å². The number of allylic oxidation sites excluding steroid dienone is 1. The average molecular weight is 453 g/mol. The van der Waals surface area contributed by atoms with Crippen molar-refractivity contribution in [3.05, 3.63) is 149 Å². The van der Waals surface area contributed by atoms with Gasteiger partial charge in [-0.25, -0.2) is 0 Å². The quantitative estimate of drug-likeness (QED) is 0.291. The molecule has 0 amide bonds. The van der Waals surface area contributed by atoms with E-state index in [1.807, 2.05) is 0 Å². The molecule has 0 aromatic heterocycles. The molecule has 0 heterocycles. The van der Waals surface area contributed by atoms with Crippen molar-refractivity contribution in [1.29, 1.82) is 0 Å². The molecule has 8 rings (SSSR count). The summed E-state index contributed by atoms with van der Waals surface area (Å²) in [5, 5.41) is 0. The molecule has 4 aromatic rings. The van der Waals surface area contributed by atoms with Gasteiger partial charge in [-0.1, -0.05) is 127 Å². The normalized spacial score (nSPS) is 28.7. The minimum Gasteiger partial charge on any atom is -0.0622 e. The first-order chi connectivity index (χ1) is 17.3. The largest absolute Gasteiger partial charge is 0.0622 e. The van der Waals surface area contributed by atoms with Gasteiger partial charge in [0.05, 0.1) is 0 Å². The van der Waals surface area contributed by atoms with Gasteiger partial charge in [-0.2, -0.15) is 0 Å². The number of hydrogen-bond acceptors (Lipinski definition) is 0. The van der Waals surface area contributed by atoms with E-state index in [1.54, 1.807) is 16.7 Å². The van der Waals surface area contributed by atoms with Crippen molar-refractivity contribution in [1.82, 2.24) is 0 Å². The van der Waals surface area contributed by atoms with Crippen LogP contribution in [0.3, 0.4) is 0 Å². The second-order valence-electron chi connectivity index (χ2n) is 11.2. The molecule has 0 spiro atoms. The topological polar surface area (TPSA) is 0 Å². The minimum atomic E-state index is 0.283. The van der Waals surface area contributed by atoms with E-state index in [1.165, 1.54) is 48.8 Å². The molecule has 0 nitrogen and oxygen atoms in total. The molecule has 4 aliphatic rings. The van der Waals surface area contributed by atoms with E-state index in [0.717, 1.165) is 0 Å². The van der Waals surface area contributed by atoms with Gasteiger partial charge in [0.25, 0.3) is 0 Å². The second-order valence-corrected chi connectivity index (χ2v) is 11.2. The maximum atomic E-state index is 2.41. The van der Waals surface area contributed by atoms with Gasteiger partial charge >= 0.3 is 0 Å². The van der Waals surface area contributed by atoms with Crippen molar-refractivity contribution in [2.45, 2.75) is 42.9 Å². The molecule has 4 bridgehead atoms. The van der Waals surface area contributed by atoms with Crippen molar-refractivity contribution >= 4 is 5.57 Å². The Balaban J connectivity index is 1.44. The third-order valence-electron chi connectivity index (χ3n) is 9.29. The molecule has 0 atom stereocenters. The van der Waals surface area contributed by atoms with Crippen LogP contribution in [0, 0.1) is 11.8 Å². The SMILES string of the molecule is c1ccc(C(=C2C3CC4(c5ccccc5)CC2CC(c2ccccc2)(C3)C4)c2ccccc2)cc1. The molecule has 4 saturated carbocycles. The molecule has 0 unspecified atom stereocenters. The Morgan fingerprint density at radius 1 is 0.457 bits per heavy atom. The minimum absolute atomic E-state index is 0.283. The van der Waals surface area contributed by atoms with E-state index in [4.69, 9.17) is 0 Å². The van der Waals surface area contributed by atoms with Crippen LogP contribution in [0.25, 0.3) is 5.57 Å². The second kappa shape index (κ2) is 8.09. The highest BCUT2D eigenvalue weighted by atomic mass is 14.6. The monoisotopic (exact) mass is 452 g/mol. The van der Waals surface area contributed by atoms with Gasteiger partial charge in [0.15, 0.2) is 0 Å². The van der Waals surface area contributed by atoms with Crippen LogP contribution in [0.4, 0.5) is 0 Å². The van der Waals surface area contributed by atoms with Crippen LogP contribution in [0.1, 0.15) is 54.4 Å². The van der Waals surface area contributed by atoms with E-state index in [9.17, 15) is 0 Å². The molecule has 0 radical (unpaired) electrons. The summed E-state index contributed by atoms with van der Waals surface area (Å²) in [5.41, 5.74) is 9.69. The summed E-state index contributed by atoms with van der Waals surface area (Å²) in [7, 11) is 0. The lowest BCUT2D eigenvalue weighted by Crippen LogP contribution is -2.57. The molecule has 4 aliphatic carbocycles. The molecule has 172 valence electrons. The highest BCUT2D eigenvalue weighted by Gasteiger charge is 2.60. The van der Waals surface area contributed by atoms with Gasteiger partial charge < -0.3 is 0 Å². The fourth-order valence-electron chi connectivity index (χ4n) is 8.28. The first kappa shape index (κ1) is 20.9. The zero-order valence-electron chi connectivity index (χ0n) is 20.2. The van der Waals surface area contributed by atoms with Crippen LogP contribution in [0.2, 0.25) is 0 Å². The molecule has 0 heteroatoms. The zero-order chi connectivity index (χ0) is 23.3. The van der Waals surface area contributed by atoms with E-state index >= 15 is 0 Å². The van der Waals surface area contributed by atoms with E-state index in [-0.39, 0.29) is 10.8 Å². The summed E-state index contributed by atoms with van der Waals surface area (Å²) in [4.78, 5) is 0. The van der Waals surface area contributed by atoms with Crippen molar-refractivity contribution < 1.29 is 0 Å². The Labute approximate surface area is 209 Å². The lowest BCUT2D eigenvalue weighted by molar-refractivity contribution is 0.0145. The molecule has 4 aromatic carbocycles. The van der Waals surface area contributed by atoms with Gasteiger partial charge in [-0.3, -0.25) is 0 Å². The number of rotatable bonds is 4. The van der Waals surface area contributed by atoms with Crippen LogP contribution in [-0.4, -0.2) is 0 Å². The molecular formula is C35H32. The highest BCUT2D eigenvalue weighted by Crippen LogP contribution is 2.68. The number of hydrogen-bond donors (Lipinski definition) is 0. The zero-order valence-corrected chi connectivity index (χ0v) is 20.2. The summed E-state index contributed by atoms with van der Waals surface area (Å²) >= 11 is 0. The Kier molecular flexibility index (Phi) is 4.84. The van der Waals surface area contributed by atoms with Gasteiger partial charge in [0.1, 0.15) is 0 Å². The third kappa shape index (κ3) is 3.34. The summed E-state index contributed by atoms with van der Waals surface area (Å²) in [5.74, 6) is 1.24. The maximum absolute atomic E-state index is 2.41. The molecule has 0 N–H and O–H groups in total. The van der Waals surface area contributed by atoms with E-state index in [2.05, 4.69) is 121 Å². The van der Waals surface area contributed by atoms with Crippen LogP contribution in [-0.2, 0) is 10.8 Å². The summed E-state index contributed by atoms with van der Waals surface area (Å²) in [6, 6.07) is 45.3. The number of benzene rings is 4. The Morgan fingerprint density at radius 3 is 1.17 bits per heavy atom. The maximum Gasteiger partial charge on any atom is -0.00271 e. The highest BCUT2D eigenvalue weighted by molar-refractivity contribution is 5.83. The molecule has 35 heavy (non-hydrogen) atoms. The predicted octanol–water partition coefficient (Wildman–Crippen LogP) is 8.59. The first-order valence-electron chi connectivity index (χ1n) is 13.2. The van der Waals surface area contributed by atoms with Gasteiger partial charge in [0, 0.05) is 0 Å². The van der Waals surface area contributed by atoms with Crippen LogP contribution in [0.15, 0.2) is 127 Å². The fraction of sp³-hybridized carbons (Fsp3) is 0.257. The van der Waals surface area contributed by atoms with Crippen LogP contribution >= 0.6 is 0 Å². The summed E-state index contributed by atoms with van der Waals surface area (Å²) < 4.78 is 0. The summed E-state index contributed by atoms with van der Waals surface area (Å²) in [6.07, 6.45) is 6.41. The lowest BCUT2D eigenvalue weighted by Gasteiger charge is -2.64. The molecule has 0 saturated heterocycles. The fourth-order valence-corrected chi connectivity index (χ4v) is 8.28. The average Bonchev–Trinajstić information content (AvgIpc) is 2.92. The molecule has 0 aliphatic heterocycles. The van der Waals surface area contributed by atoms with Crippen LogP contribution < -0.4 is 0 Å². The van der Waals surface area contributed by atoms with E-state index in [0.29, 0.717) is 11.8 Å². The third-order valence-corrected chi connectivity index (χ3v) is 9.29. The molecule has 4 fully saturated rings. The Hall–Kier alpha value is -3.38. The van der Waals surface area contributed by atoms with Crippen molar-refractivity contribution in [3.63, 3.8) is 0 Å². The van der Waals surface area contributed by atoms with Gasteiger partial charge in [-0.15, -0.1) is 0 Å². The summed E-state index contributed by atoms with van der Waals surface area (Å²) in [6.45, 7) is 0. The molecular weight excluding hydrogens is 420 g/mol. The van der Waals surface area contributed by atoms with Crippen LogP contribution in [0.5, 0.6) is 0 Å². The Morgan fingerprint density at radius 2 is 0.800 bits per heavy atom. The lowest BCUT2D eigenvalue weighted by atomic mass is 9.40. The first-order valence-corrected chi connectivity index (χ1v) is 13.2.